The molecule has 198 valence electrons. The highest BCUT2D eigenvalue weighted by Gasteiger charge is 2.35. The highest BCUT2D eigenvalue weighted by Crippen LogP contribution is 2.41. The van der Waals surface area contributed by atoms with E-state index in [1.807, 2.05) is 0 Å². The molecule has 1 amide bonds. The zero-order valence-electron chi connectivity index (χ0n) is 20.6. The van der Waals surface area contributed by atoms with E-state index >= 15 is 0 Å². The van der Waals surface area contributed by atoms with Crippen LogP contribution in [-0.2, 0) is 14.8 Å². The third-order valence-corrected chi connectivity index (χ3v) is 6.59. The molecule has 1 heterocycles. The van der Waals surface area contributed by atoms with Crippen molar-refractivity contribution in [1.82, 2.24) is 4.90 Å². The molecule has 0 saturated carbocycles. The molecule has 1 atom stereocenters. The van der Waals surface area contributed by atoms with E-state index in [-0.39, 0.29) is 5.75 Å². The average molecular weight is 531 g/mol. The van der Waals surface area contributed by atoms with E-state index in [0.29, 0.717) is 36.4 Å². The van der Waals surface area contributed by atoms with E-state index in [2.05, 4.69) is 4.74 Å². The summed E-state index contributed by atoms with van der Waals surface area (Å²) in [7, 11) is -2.15. The lowest BCUT2D eigenvalue weighted by Gasteiger charge is -2.30. The van der Waals surface area contributed by atoms with E-state index in [0.717, 1.165) is 22.7 Å². The van der Waals surface area contributed by atoms with Crippen LogP contribution in [-0.4, -0.2) is 51.2 Å². The summed E-state index contributed by atoms with van der Waals surface area (Å²) in [6.45, 7) is 5.73. The highest BCUT2D eigenvalue weighted by molar-refractivity contribution is 7.92. The zero-order chi connectivity index (χ0) is 26.9. The van der Waals surface area contributed by atoms with Crippen LogP contribution in [0.15, 0.2) is 42.5 Å². The summed E-state index contributed by atoms with van der Waals surface area (Å²) in [6.07, 6.45) is -2.97. The fourth-order valence-corrected chi connectivity index (χ4v) is 4.24. The van der Waals surface area contributed by atoms with Crippen LogP contribution in [0.25, 0.3) is 0 Å². The van der Waals surface area contributed by atoms with Gasteiger partial charge in [0.05, 0.1) is 18.0 Å². The first-order valence-electron chi connectivity index (χ1n) is 11.1. The predicted octanol–water partition coefficient (Wildman–Crippen LogP) is 5.85. The van der Waals surface area contributed by atoms with Gasteiger partial charge in [-0.2, -0.15) is 0 Å². The number of amides is 1. The topological polar surface area (TPSA) is 85.4 Å². The fourth-order valence-electron chi connectivity index (χ4n) is 3.74. The largest absolute Gasteiger partial charge is 0.573 e. The lowest BCUT2D eigenvalue weighted by Crippen LogP contribution is -2.36. The Labute approximate surface area is 208 Å². The summed E-state index contributed by atoms with van der Waals surface area (Å²) in [5.41, 5.74) is 0.203. The first-order valence-corrected chi connectivity index (χ1v) is 13.0. The lowest BCUT2D eigenvalue weighted by molar-refractivity contribution is -0.274. The summed E-state index contributed by atoms with van der Waals surface area (Å²) < 4.78 is 78.1. The van der Waals surface area contributed by atoms with Crippen molar-refractivity contribution in [1.29, 1.82) is 0 Å². The number of nitrogens with zero attached hydrogens (tertiary/aromatic N) is 2. The Balaban J connectivity index is 1.98. The molecule has 0 radical (unpaired) electrons. The number of hydrogen-bond acceptors (Lipinski definition) is 6. The van der Waals surface area contributed by atoms with E-state index in [4.69, 9.17) is 9.47 Å². The van der Waals surface area contributed by atoms with Gasteiger partial charge in [-0.1, -0.05) is 0 Å². The Bertz CT molecular complexity index is 1190. The van der Waals surface area contributed by atoms with Gasteiger partial charge in [-0.25, -0.2) is 13.2 Å². The number of carbonyl (C=O) groups excluding carboxylic acids is 1. The summed E-state index contributed by atoms with van der Waals surface area (Å²) in [5, 5.41) is 0. The maximum atomic E-state index is 12.9. The minimum Gasteiger partial charge on any atom is -0.457 e. The molecule has 8 nitrogen and oxygen atoms in total. The smallest absolute Gasteiger partial charge is 0.457 e. The number of alkyl halides is 3. The van der Waals surface area contributed by atoms with Crippen molar-refractivity contribution >= 4 is 21.8 Å². The normalized spacial score (nSPS) is 16.6. The third kappa shape index (κ3) is 7.19. The quantitative estimate of drug-likeness (QED) is 0.466. The molecule has 12 heteroatoms. The van der Waals surface area contributed by atoms with Crippen LogP contribution in [0.4, 0.5) is 23.7 Å². The summed E-state index contributed by atoms with van der Waals surface area (Å²) >= 11 is 0. The Morgan fingerprint density at radius 1 is 1.06 bits per heavy atom. The monoisotopic (exact) mass is 530 g/mol. The van der Waals surface area contributed by atoms with Gasteiger partial charge in [0.1, 0.15) is 22.8 Å². The standard InChI is InChI=1S/C24H29F3N2O6S/c1-23(2,3)35-22(30)29-14-6-7-20(29)19-15-16(28(4)36(5,31)32)8-13-21(19)33-17-9-11-18(12-10-17)34-24(25,26)27/h8-13,15,20H,6-7,14H2,1-5H3. The van der Waals surface area contributed by atoms with Crippen LogP contribution in [0.5, 0.6) is 17.2 Å². The van der Waals surface area contributed by atoms with Crippen LogP contribution in [0, 0.1) is 0 Å². The number of carbonyl (C=O) groups is 1. The second-order valence-electron chi connectivity index (χ2n) is 9.41. The van der Waals surface area contributed by atoms with Crippen LogP contribution in [0.1, 0.15) is 45.2 Å². The number of benzene rings is 2. The number of sulfonamides is 1. The average Bonchev–Trinajstić information content (AvgIpc) is 3.22. The number of halogens is 3. The van der Waals surface area contributed by atoms with Crippen LogP contribution in [0.3, 0.4) is 0 Å². The minimum atomic E-state index is -4.81. The summed E-state index contributed by atoms with van der Waals surface area (Å²) in [4.78, 5) is 14.5. The van der Waals surface area contributed by atoms with Gasteiger partial charge >= 0.3 is 12.5 Å². The van der Waals surface area contributed by atoms with Gasteiger partial charge in [0.2, 0.25) is 10.0 Å². The van der Waals surface area contributed by atoms with Crippen molar-refractivity contribution < 1.29 is 40.6 Å². The first-order chi connectivity index (χ1) is 16.5. The maximum Gasteiger partial charge on any atom is 0.573 e. The Morgan fingerprint density at radius 2 is 1.67 bits per heavy atom. The third-order valence-electron chi connectivity index (χ3n) is 5.38. The zero-order valence-corrected chi connectivity index (χ0v) is 21.4. The fraction of sp³-hybridized carbons (Fsp3) is 0.458. The van der Waals surface area contributed by atoms with Gasteiger partial charge < -0.3 is 19.1 Å². The van der Waals surface area contributed by atoms with Gasteiger partial charge in [-0.15, -0.1) is 13.2 Å². The van der Waals surface area contributed by atoms with Crippen LogP contribution in [0.2, 0.25) is 0 Å². The molecule has 0 N–H and O–H groups in total. The SMILES string of the molecule is CN(c1ccc(Oc2ccc(OC(F)(F)F)cc2)c(C2CCCN2C(=O)OC(C)(C)C)c1)S(C)(=O)=O. The molecule has 3 rings (SSSR count). The van der Waals surface area contributed by atoms with Gasteiger partial charge in [-0.05, 0) is 76.1 Å². The second kappa shape index (κ2) is 10.1. The minimum absolute atomic E-state index is 0.233. The van der Waals surface area contributed by atoms with Crippen LogP contribution < -0.4 is 13.8 Å². The summed E-state index contributed by atoms with van der Waals surface area (Å²) in [5.74, 6) is 0.162. The molecule has 0 aliphatic carbocycles. The van der Waals surface area contributed by atoms with E-state index in [1.54, 1.807) is 43.9 Å². The molecule has 0 spiro atoms. The van der Waals surface area contributed by atoms with Gasteiger partial charge in [0, 0.05) is 19.2 Å². The number of hydrogen-bond donors (Lipinski definition) is 0. The molecule has 0 bridgehead atoms. The molecule has 1 aliphatic heterocycles. The van der Waals surface area contributed by atoms with E-state index < -0.39 is 39.9 Å². The maximum absolute atomic E-state index is 12.9. The molecule has 1 fully saturated rings. The Morgan fingerprint density at radius 3 is 2.22 bits per heavy atom. The Hall–Kier alpha value is -3.15. The van der Waals surface area contributed by atoms with Crippen molar-refractivity contribution in [3.8, 4) is 17.2 Å². The molecule has 2 aromatic carbocycles. The lowest BCUT2D eigenvalue weighted by atomic mass is 10.0. The molecular weight excluding hydrogens is 501 g/mol. The van der Waals surface area contributed by atoms with Crippen LogP contribution >= 0.6 is 0 Å². The molecule has 2 aromatic rings. The second-order valence-corrected chi connectivity index (χ2v) is 11.4. The first kappa shape index (κ1) is 27.4. The van der Waals surface area contributed by atoms with Gasteiger partial charge in [0.15, 0.2) is 0 Å². The predicted molar refractivity (Wildman–Crippen MR) is 128 cm³/mol. The van der Waals surface area contributed by atoms with Crippen molar-refractivity contribution in [3.63, 3.8) is 0 Å². The van der Waals surface area contributed by atoms with Crippen molar-refractivity contribution in [3.05, 3.63) is 48.0 Å². The van der Waals surface area contributed by atoms with Gasteiger partial charge in [0.25, 0.3) is 0 Å². The molecule has 1 saturated heterocycles. The molecule has 1 unspecified atom stereocenters. The van der Waals surface area contributed by atoms with Crippen molar-refractivity contribution in [2.75, 3.05) is 24.2 Å². The molecule has 36 heavy (non-hydrogen) atoms. The van der Waals surface area contributed by atoms with Crippen molar-refractivity contribution in [2.24, 2.45) is 0 Å². The number of ether oxygens (including phenoxy) is 3. The summed E-state index contributed by atoms with van der Waals surface area (Å²) in [6, 6.07) is 9.17. The van der Waals surface area contributed by atoms with E-state index in [1.165, 1.54) is 19.2 Å². The number of likely N-dealkylation sites (tertiary alicyclic amines) is 1. The van der Waals surface area contributed by atoms with E-state index in [9.17, 15) is 26.4 Å². The Kier molecular flexibility index (Phi) is 7.68. The molecule has 1 aliphatic rings. The molecule has 0 aromatic heterocycles. The van der Waals surface area contributed by atoms with Crippen molar-refractivity contribution in [2.45, 2.75) is 51.6 Å². The molecular formula is C24H29F3N2O6S. The highest BCUT2D eigenvalue weighted by atomic mass is 32.2. The van der Waals surface area contributed by atoms with Gasteiger partial charge in [-0.3, -0.25) is 4.31 Å². The number of rotatable bonds is 6. The number of anilines is 1.